The van der Waals surface area contributed by atoms with Crippen molar-refractivity contribution in [3.05, 3.63) is 68.1 Å². The van der Waals surface area contributed by atoms with Crippen molar-refractivity contribution in [2.24, 2.45) is 5.92 Å². The zero-order valence-corrected chi connectivity index (χ0v) is 16.4. The molecule has 6 heteroatoms. The van der Waals surface area contributed by atoms with Crippen molar-refractivity contribution >= 4 is 50.8 Å². The number of likely N-dealkylation sites (tertiary alicyclic amines) is 1. The van der Waals surface area contributed by atoms with Gasteiger partial charge in [-0.05, 0) is 49.2 Å². The summed E-state index contributed by atoms with van der Waals surface area (Å²) in [5, 5.41) is 0.822. The van der Waals surface area contributed by atoms with Gasteiger partial charge in [0.15, 0.2) is 5.78 Å². The molecule has 130 valence electrons. The molecule has 0 bridgehead atoms. The van der Waals surface area contributed by atoms with E-state index < -0.39 is 0 Å². The normalized spacial score (nSPS) is 15.2. The Morgan fingerprint density at radius 2 is 1.68 bits per heavy atom. The number of hydrogen-bond donors (Lipinski definition) is 0. The fourth-order valence-electron chi connectivity index (χ4n) is 3.03. The number of carbonyl (C=O) groups is 2. The van der Waals surface area contributed by atoms with Crippen LogP contribution in [0.3, 0.4) is 0 Å². The van der Waals surface area contributed by atoms with Gasteiger partial charge in [0.05, 0.1) is 10.0 Å². The summed E-state index contributed by atoms with van der Waals surface area (Å²) in [6, 6.07) is 12.3. The molecule has 0 aromatic heterocycles. The summed E-state index contributed by atoms with van der Waals surface area (Å²) in [6.45, 7) is 1.14. The monoisotopic (exact) mass is 439 g/mol. The SMILES string of the molecule is O=C(c1ccc(Cl)c(Cl)c1)C1CCN(C(=O)c2cccc(Br)c2)CC1. The lowest BCUT2D eigenvalue weighted by Crippen LogP contribution is -2.40. The lowest BCUT2D eigenvalue weighted by molar-refractivity contribution is 0.0650. The number of rotatable bonds is 3. The highest BCUT2D eigenvalue weighted by Crippen LogP contribution is 2.27. The topological polar surface area (TPSA) is 37.4 Å². The van der Waals surface area contributed by atoms with Crippen molar-refractivity contribution in [3.63, 3.8) is 0 Å². The van der Waals surface area contributed by atoms with Crippen molar-refractivity contribution in [3.8, 4) is 0 Å². The van der Waals surface area contributed by atoms with E-state index in [1.807, 2.05) is 18.2 Å². The molecule has 1 saturated heterocycles. The molecule has 1 heterocycles. The molecule has 1 amide bonds. The summed E-state index contributed by atoms with van der Waals surface area (Å²) >= 11 is 15.3. The van der Waals surface area contributed by atoms with Crippen LogP contribution in [0, 0.1) is 5.92 Å². The Bertz CT molecular complexity index is 817. The highest BCUT2D eigenvalue weighted by Gasteiger charge is 2.28. The van der Waals surface area contributed by atoms with Crippen molar-refractivity contribution in [1.29, 1.82) is 0 Å². The zero-order valence-electron chi connectivity index (χ0n) is 13.3. The van der Waals surface area contributed by atoms with Crippen molar-refractivity contribution in [2.75, 3.05) is 13.1 Å². The van der Waals surface area contributed by atoms with Gasteiger partial charge in [-0.1, -0.05) is 45.2 Å². The van der Waals surface area contributed by atoms with Crippen LogP contribution in [0.1, 0.15) is 33.6 Å². The van der Waals surface area contributed by atoms with Gasteiger partial charge >= 0.3 is 0 Å². The summed E-state index contributed by atoms with van der Waals surface area (Å²) < 4.78 is 0.878. The number of halogens is 3. The lowest BCUT2D eigenvalue weighted by atomic mass is 9.88. The standard InChI is InChI=1S/C19H16BrCl2NO2/c20-15-3-1-2-14(10-15)19(25)23-8-6-12(7-9-23)18(24)13-4-5-16(21)17(22)11-13/h1-5,10-12H,6-9H2. The van der Waals surface area contributed by atoms with Gasteiger partial charge in [-0.15, -0.1) is 0 Å². The summed E-state index contributed by atoms with van der Waals surface area (Å²) in [6.07, 6.45) is 1.30. The summed E-state index contributed by atoms with van der Waals surface area (Å²) in [4.78, 5) is 27.0. The molecule has 0 saturated carbocycles. The van der Waals surface area contributed by atoms with Crippen molar-refractivity contribution < 1.29 is 9.59 Å². The number of ketones is 1. The molecule has 0 atom stereocenters. The predicted molar refractivity (Wildman–Crippen MR) is 104 cm³/mol. The van der Waals surface area contributed by atoms with Crippen LogP contribution in [0.2, 0.25) is 10.0 Å². The van der Waals surface area contributed by atoms with Crippen LogP contribution in [0.15, 0.2) is 46.9 Å². The average Bonchev–Trinajstić information content (AvgIpc) is 2.63. The van der Waals surface area contributed by atoms with Gasteiger partial charge < -0.3 is 4.90 Å². The lowest BCUT2D eigenvalue weighted by Gasteiger charge is -2.31. The first-order valence-electron chi connectivity index (χ1n) is 8.00. The van der Waals surface area contributed by atoms with Gasteiger partial charge in [0.2, 0.25) is 0 Å². The van der Waals surface area contributed by atoms with Crippen molar-refractivity contribution in [2.45, 2.75) is 12.8 Å². The second-order valence-corrected chi connectivity index (χ2v) is 7.80. The molecule has 3 rings (SSSR count). The number of nitrogens with zero attached hydrogens (tertiary/aromatic N) is 1. The van der Waals surface area contributed by atoms with Crippen LogP contribution >= 0.6 is 39.1 Å². The number of amides is 1. The van der Waals surface area contributed by atoms with E-state index in [2.05, 4.69) is 15.9 Å². The maximum atomic E-state index is 12.6. The summed E-state index contributed by atoms with van der Waals surface area (Å²) in [5.41, 5.74) is 1.23. The molecule has 1 aliphatic heterocycles. The van der Waals surface area contributed by atoms with Gasteiger partial charge in [-0.25, -0.2) is 0 Å². The molecule has 0 spiro atoms. The third-order valence-corrected chi connectivity index (χ3v) is 5.66. The van der Waals surface area contributed by atoms with Crippen molar-refractivity contribution in [1.82, 2.24) is 4.90 Å². The molecule has 3 nitrogen and oxygen atoms in total. The minimum Gasteiger partial charge on any atom is -0.339 e. The first-order valence-corrected chi connectivity index (χ1v) is 9.54. The Morgan fingerprint density at radius 3 is 2.32 bits per heavy atom. The zero-order chi connectivity index (χ0) is 18.0. The fraction of sp³-hybridized carbons (Fsp3) is 0.263. The molecular weight excluding hydrogens is 425 g/mol. The molecule has 0 N–H and O–H groups in total. The number of benzene rings is 2. The van der Waals surface area contributed by atoms with Crippen LogP contribution in [-0.2, 0) is 0 Å². The Balaban J connectivity index is 1.64. The van der Waals surface area contributed by atoms with E-state index in [4.69, 9.17) is 23.2 Å². The number of carbonyl (C=O) groups excluding carboxylic acids is 2. The maximum absolute atomic E-state index is 12.6. The fourth-order valence-corrected chi connectivity index (χ4v) is 3.73. The molecule has 1 aliphatic rings. The minimum absolute atomic E-state index is 0.00161. The molecule has 1 fully saturated rings. The second-order valence-electron chi connectivity index (χ2n) is 6.07. The quantitative estimate of drug-likeness (QED) is 0.591. The third-order valence-electron chi connectivity index (χ3n) is 4.43. The van der Waals surface area contributed by atoms with E-state index in [1.54, 1.807) is 29.2 Å². The molecule has 0 aliphatic carbocycles. The van der Waals surface area contributed by atoms with Crippen LogP contribution in [0.25, 0.3) is 0 Å². The first-order chi connectivity index (χ1) is 12.0. The van der Waals surface area contributed by atoms with Crippen LogP contribution in [0.4, 0.5) is 0 Å². The smallest absolute Gasteiger partial charge is 0.253 e. The van der Waals surface area contributed by atoms with E-state index in [9.17, 15) is 9.59 Å². The third kappa shape index (κ3) is 4.25. The Labute approximate surface area is 165 Å². The molecule has 25 heavy (non-hydrogen) atoms. The highest BCUT2D eigenvalue weighted by atomic mass is 79.9. The largest absolute Gasteiger partial charge is 0.339 e. The minimum atomic E-state index is -0.0937. The van der Waals surface area contributed by atoms with Gasteiger partial charge in [0, 0.05) is 34.6 Å². The van der Waals surface area contributed by atoms with E-state index in [1.165, 1.54) is 0 Å². The molecule has 2 aromatic rings. The van der Waals surface area contributed by atoms with E-state index >= 15 is 0 Å². The highest BCUT2D eigenvalue weighted by molar-refractivity contribution is 9.10. The average molecular weight is 441 g/mol. The summed E-state index contributed by atoms with van der Waals surface area (Å²) in [5.74, 6) is -0.0290. The second kappa shape index (κ2) is 7.90. The maximum Gasteiger partial charge on any atom is 0.253 e. The molecule has 0 unspecified atom stereocenters. The van der Waals surface area contributed by atoms with Gasteiger partial charge in [-0.3, -0.25) is 9.59 Å². The number of Topliss-reactive ketones (excluding diaryl/α,β-unsaturated/α-hetero) is 1. The van der Waals surface area contributed by atoms with Gasteiger partial charge in [0.1, 0.15) is 0 Å². The Kier molecular flexibility index (Phi) is 5.82. The molecular formula is C19H16BrCl2NO2. The Morgan fingerprint density at radius 1 is 0.960 bits per heavy atom. The molecule has 2 aromatic carbocycles. The van der Waals surface area contributed by atoms with Gasteiger partial charge in [-0.2, -0.15) is 0 Å². The molecule has 0 radical (unpaired) electrons. The summed E-state index contributed by atoms with van der Waals surface area (Å²) in [7, 11) is 0. The van der Waals surface area contributed by atoms with Gasteiger partial charge in [0.25, 0.3) is 5.91 Å². The van der Waals surface area contributed by atoms with E-state index in [-0.39, 0.29) is 17.6 Å². The number of hydrogen-bond acceptors (Lipinski definition) is 2. The van der Waals surface area contributed by atoms with Crippen LogP contribution in [-0.4, -0.2) is 29.7 Å². The Hall–Kier alpha value is -1.36. The first kappa shape index (κ1) is 18.4. The van der Waals surface area contributed by atoms with Crippen LogP contribution < -0.4 is 0 Å². The number of piperidine rings is 1. The van der Waals surface area contributed by atoms with E-state index in [0.29, 0.717) is 47.1 Å². The van der Waals surface area contributed by atoms with Crippen LogP contribution in [0.5, 0.6) is 0 Å². The van der Waals surface area contributed by atoms with E-state index in [0.717, 1.165) is 4.47 Å². The predicted octanol–water partition coefficient (Wildman–Crippen LogP) is 5.49.